The van der Waals surface area contributed by atoms with Gasteiger partial charge in [-0.2, -0.15) is 0 Å². The maximum Gasteiger partial charge on any atom is 0.341 e. The third-order valence-electron chi connectivity index (χ3n) is 7.10. The highest BCUT2D eigenvalue weighted by atomic mass is 32.2. The number of rotatable bonds is 9. The van der Waals surface area contributed by atoms with Crippen LogP contribution in [0, 0.1) is 6.92 Å². The van der Waals surface area contributed by atoms with E-state index in [0.29, 0.717) is 34.8 Å². The number of nitrogens with zero attached hydrogens (tertiary/aromatic N) is 1. The van der Waals surface area contributed by atoms with Gasteiger partial charge in [-0.05, 0) is 61.7 Å². The number of hydrogen-bond donors (Lipinski definition) is 2. The highest BCUT2D eigenvalue weighted by Gasteiger charge is 2.30. The van der Waals surface area contributed by atoms with Crippen LogP contribution in [-0.4, -0.2) is 41.6 Å². The molecule has 1 unspecified atom stereocenters. The van der Waals surface area contributed by atoms with Gasteiger partial charge >= 0.3 is 5.97 Å². The monoisotopic (exact) mass is 599 g/mol. The van der Waals surface area contributed by atoms with Gasteiger partial charge in [0.05, 0.1) is 17.9 Å². The molecule has 1 aliphatic rings. The van der Waals surface area contributed by atoms with E-state index in [1.54, 1.807) is 12.1 Å². The van der Waals surface area contributed by atoms with E-state index in [-0.39, 0.29) is 11.8 Å². The number of aryl methyl sites for hydroxylation is 1. The van der Waals surface area contributed by atoms with Gasteiger partial charge in [0.2, 0.25) is 5.91 Å². The third kappa shape index (κ3) is 7.10. The Labute approximate surface area is 254 Å². The molecule has 2 heterocycles. The number of thioether (sulfide) groups is 1. The molecule has 1 atom stereocenters. The maximum atomic E-state index is 13.3. The Hall–Kier alpha value is -3.92. The van der Waals surface area contributed by atoms with Gasteiger partial charge < -0.3 is 15.4 Å². The van der Waals surface area contributed by atoms with Gasteiger partial charge in [0.15, 0.2) is 0 Å². The average molecular weight is 600 g/mol. The van der Waals surface area contributed by atoms with Crippen LogP contribution >= 0.6 is 23.1 Å². The van der Waals surface area contributed by atoms with Crippen molar-refractivity contribution < 1.29 is 19.1 Å². The molecule has 0 saturated heterocycles. The molecule has 2 N–H and O–H groups in total. The van der Waals surface area contributed by atoms with Crippen LogP contribution in [0.15, 0.2) is 83.8 Å². The Morgan fingerprint density at radius 3 is 2.50 bits per heavy atom. The van der Waals surface area contributed by atoms with Crippen molar-refractivity contribution in [3.63, 3.8) is 0 Å². The Kier molecular flexibility index (Phi) is 9.41. The first-order valence-corrected chi connectivity index (χ1v) is 15.4. The van der Waals surface area contributed by atoms with E-state index in [1.165, 1.54) is 35.8 Å². The van der Waals surface area contributed by atoms with E-state index in [0.717, 1.165) is 34.0 Å². The lowest BCUT2D eigenvalue weighted by Gasteiger charge is -2.27. The lowest BCUT2D eigenvalue weighted by Crippen LogP contribution is -2.29. The zero-order valence-corrected chi connectivity index (χ0v) is 25.4. The molecule has 0 aliphatic carbocycles. The molecule has 3 aromatic carbocycles. The number of thiophene rings is 1. The summed E-state index contributed by atoms with van der Waals surface area (Å²) in [5.41, 5.74) is 4.98. The van der Waals surface area contributed by atoms with Gasteiger partial charge in [-0.1, -0.05) is 54.1 Å². The van der Waals surface area contributed by atoms with Crippen LogP contribution in [0.4, 0.5) is 10.7 Å². The van der Waals surface area contributed by atoms with Gasteiger partial charge in [0.1, 0.15) is 5.00 Å². The Morgan fingerprint density at radius 2 is 1.76 bits per heavy atom. The maximum absolute atomic E-state index is 13.3. The van der Waals surface area contributed by atoms with Gasteiger partial charge in [-0.25, -0.2) is 4.79 Å². The lowest BCUT2D eigenvalue weighted by atomic mass is 10.0. The zero-order chi connectivity index (χ0) is 29.6. The number of esters is 1. The highest BCUT2D eigenvalue weighted by Crippen LogP contribution is 2.38. The van der Waals surface area contributed by atoms with E-state index < -0.39 is 11.2 Å². The quantitative estimate of drug-likeness (QED) is 0.163. The van der Waals surface area contributed by atoms with Crippen LogP contribution in [0.25, 0.3) is 0 Å². The van der Waals surface area contributed by atoms with Crippen LogP contribution < -0.4 is 10.6 Å². The standard InChI is InChI=1S/C33H33N3O4S2/c1-21-12-14-24(15-13-21)31(38)34-25-10-7-11-26(18-25)41-22(2)30(37)35-32-29(33(39)40-3)27-16-17-36(20-28(27)42-32)19-23-8-5-4-6-9-23/h4-15,18,22H,16-17,19-20H2,1-3H3,(H,34,38)(H,35,37). The van der Waals surface area contributed by atoms with Crippen LogP contribution in [0.3, 0.4) is 0 Å². The molecular formula is C33H33N3O4S2. The summed E-state index contributed by atoms with van der Waals surface area (Å²) in [5, 5.41) is 6.02. The fourth-order valence-corrected chi connectivity index (χ4v) is 7.07. The Bertz CT molecular complexity index is 1580. The normalized spacial score (nSPS) is 13.6. The molecule has 1 aliphatic heterocycles. The number of carbonyl (C=O) groups excluding carboxylic acids is 3. The summed E-state index contributed by atoms with van der Waals surface area (Å²) >= 11 is 2.83. The predicted molar refractivity (Wildman–Crippen MR) is 169 cm³/mol. The van der Waals surface area contributed by atoms with Crippen molar-refractivity contribution >= 4 is 51.6 Å². The first-order valence-electron chi connectivity index (χ1n) is 13.8. The van der Waals surface area contributed by atoms with Crippen molar-refractivity contribution in [1.29, 1.82) is 0 Å². The fourth-order valence-electron chi connectivity index (χ4n) is 4.87. The molecular weight excluding hydrogens is 567 g/mol. The van der Waals surface area contributed by atoms with Gasteiger partial charge in [-0.3, -0.25) is 14.5 Å². The average Bonchev–Trinajstić information content (AvgIpc) is 3.34. The third-order valence-corrected chi connectivity index (χ3v) is 9.32. The Balaban J connectivity index is 1.25. The van der Waals surface area contributed by atoms with E-state index in [4.69, 9.17) is 4.74 Å². The second-order valence-electron chi connectivity index (χ2n) is 10.2. The fraction of sp³-hybridized carbons (Fsp3) is 0.242. The first kappa shape index (κ1) is 29.6. The topological polar surface area (TPSA) is 87.7 Å². The van der Waals surface area contributed by atoms with Gasteiger partial charge in [-0.15, -0.1) is 23.1 Å². The number of hydrogen-bond acceptors (Lipinski definition) is 7. The summed E-state index contributed by atoms with van der Waals surface area (Å²) in [6.45, 7) is 6.15. The number of methoxy groups -OCH3 is 1. The first-order chi connectivity index (χ1) is 20.3. The molecule has 7 nitrogen and oxygen atoms in total. The smallest absolute Gasteiger partial charge is 0.341 e. The number of anilines is 2. The molecule has 2 amide bonds. The van der Waals surface area contributed by atoms with E-state index in [9.17, 15) is 14.4 Å². The molecule has 5 rings (SSSR count). The minimum Gasteiger partial charge on any atom is -0.465 e. The summed E-state index contributed by atoms with van der Waals surface area (Å²) in [5.74, 6) is -0.835. The van der Waals surface area contributed by atoms with Crippen molar-refractivity contribution in [2.75, 3.05) is 24.3 Å². The summed E-state index contributed by atoms with van der Waals surface area (Å²) in [4.78, 5) is 43.0. The van der Waals surface area contributed by atoms with Crippen LogP contribution in [-0.2, 0) is 29.0 Å². The van der Waals surface area contributed by atoms with Gasteiger partial charge in [0, 0.05) is 40.7 Å². The number of benzene rings is 3. The van der Waals surface area contributed by atoms with Crippen molar-refractivity contribution in [3.8, 4) is 0 Å². The van der Waals surface area contributed by atoms with E-state index in [1.807, 2.05) is 68.4 Å². The van der Waals surface area contributed by atoms with E-state index in [2.05, 4.69) is 27.7 Å². The summed E-state index contributed by atoms with van der Waals surface area (Å²) < 4.78 is 5.11. The molecule has 0 bridgehead atoms. The number of amides is 2. The SMILES string of the molecule is COC(=O)c1c(NC(=O)C(C)Sc2cccc(NC(=O)c3ccc(C)cc3)c2)sc2c1CCN(Cc1ccccc1)C2. The molecule has 0 saturated carbocycles. The minimum absolute atomic E-state index is 0.192. The van der Waals surface area contributed by atoms with Crippen LogP contribution in [0.5, 0.6) is 0 Å². The Morgan fingerprint density at radius 1 is 1.00 bits per heavy atom. The molecule has 0 fully saturated rings. The number of fused-ring (bicyclic) bond motifs is 1. The number of nitrogens with one attached hydrogen (secondary N) is 2. The lowest BCUT2D eigenvalue weighted by molar-refractivity contribution is -0.115. The summed E-state index contributed by atoms with van der Waals surface area (Å²) in [7, 11) is 1.37. The molecule has 1 aromatic heterocycles. The predicted octanol–water partition coefficient (Wildman–Crippen LogP) is 6.77. The molecule has 216 valence electrons. The van der Waals surface area contributed by atoms with Crippen molar-refractivity contribution in [3.05, 3.63) is 112 Å². The molecule has 0 radical (unpaired) electrons. The van der Waals surface area contributed by atoms with Crippen molar-refractivity contribution in [1.82, 2.24) is 4.90 Å². The zero-order valence-electron chi connectivity index (χ0n) is 23.8. The molecule has 0 spiro atoms. The molecule has 4 aromatic rings. The van der Waals surface area contributed by atoms with Crippen molar-refractivity contribution in [2.24, 2.45) is 0 Å². The minimum atomic E-state index is -0.452. The number of ether oxygens (including phenoxy) is 1. The molecule has 42 heavy (non-hydrogen) atoms. The van der Waals surface area contributed by atoms with Crippen LogP contribution in [0.2, 0.25) is 0 Å². The summed E-state index contributed by atoms with van der Waals surface area (Å²) in [6, 6.07) is 25.1. The largest absolute Gasteiger partial charge is 0.465 e. The van der Waals surface area contributed by atoms with Crippen LogP contribution in [0.1, 0.15) is 49.2 Å². The molecule has 9 heteroatoms. The van der Waals surface area contributed by atoms with Crippen molar-refractivity contribution in [2.45, 2.75) is 43.5 Å². The second-order valence-corrected chi connectivity index (χ2v) is 12.8. The second kappa shape index (κ2) is 13.4. The van der Waals surface area contributed by atoms with E-state index >= 15 is 0 Å². The van der Waals surface area contributed by atoms with Gasteiger partial charge in [0.25, 0.3) is 5.91 Å². The highest BCUT2D eigenvalue weighted by molar-refractivity contribution is 8.00. The summed E-state index contributed by atoms with van der Waals surface area (Å²) in [6.07, 6.45) is 0.713. The number of carbonyl (C=O) groups is 3.